The molecule has 2 rings (SSSR count). The molecule has 2 heterocycles. The van der Waals surface area contributed by atoms with Gasteiger partial charge in [-0.25, -0.2) is 9.37 Å². The summed E-state index contributed by atoms with van der Waals surface area (Å²) in [6, 6.07) is 1.63. The highest BCUT2D eigenvalue weighted by Crippen LogP contribution is 2.29. The van der Waals surface area contributed by atoms with Crippen LogP contribution in [0.15, 0.2) is 18.5 Å². The lowest BCUT2D eigenvalue weighted by Crippen LogP contribution is -1.96. The van der Waals surface area contributed by atoms with Crippen LogP contribution in [0.5, 0.6) is 0 Å². The molecule has 0 aliphatic rings. The zero-order valence-corrected chi connectivity index (χ0v) is 9.72. The summed E-state index contributed by atoms with van der Waals surface area (Å²) in [5.74, 6) is -0.345. The first-order valence-electron chi connectivity index (χ1n) is 5.04. The van der Waals surface area contributed by atoms with Gasteiger partial charge in [0.1, 0.15) is 5.01 Å². The van der Waals surface area contributed by atoms with Gasteiger partial charge in [-0.15, -0.1) is 11.3 Å². The summed E-state index contributed by atoms with van der Waals surface area (Å²) in [4.78, 5) is 9.14. The number of thiazole rings is 1. The zero-order valence-electron chi connectivity index (χ0n) is 8.90. The third-order valence-corrected chi connectivity index (χ3v) is 3.45. The molecule has 0 unspecified atom stereocenters. The highest BCUT2D eigenvalue weighted by atomic mass is 32.1. The van der Waals surface area contributed by atoms with Crippen LogP contribution in [-0.4, -0.2) is 9.97 Å². The van der Waals surface area contributed by atoms with Crippen LogP contribution in [0.2, 0.25) is 0 Å². The van der Waals surface area contributed by atoms with Crippen molar-refractivity contribution in [2.45, 2.75) is 19.9 Å². The maximum atomic E-state index is 13.5. The number of halogens is 1. The average molecular weight is 237 g/mol. The number of aryl methyl sites for hydroxylation is 1. The number of pyridine rings is 1. The van der Waals surface area contributed by atoms with E-state index in [4.69, 9.17) is 5.73 Å². The van der Waals surface area contributed by atoms with Gasteiger partial charge in [0, 0.05) is 23.2 Å². The second kappa shape index (κ2) is 4.67. The van der Waals surface area contributed by atoms with E-state index in [0.717, 1.165) is 17.0 Å². The Balaban J connectivity index is 2.49. The van der Waals surface area contributed by atoms with E-state index in [1.165, 1.54) is 17.5 Å². The number of rotatable bonds is 3. The summed E-state index contributed by atoms with van der Waals surface area (Å²) in [6.45, 7) is 2.47. The molecular weight excluding hydrogens is 225 g/mol. The van der Waals surface area contributed by atoms with Crippen LogP contribution in [0.3, 0.4) is 0 Å². The molecule has 16 heavy (non-hydrogen) atoms. The van der Waals surface area contributed by atoms with E-state index in [1.807, 2.05) is 6.92 Å². The first-order valence-corrected chi connectivity index (χ1v) is 5.86. The molecule has 0 aliphatic carbocycles. The first kappa shape index (κ1) is 11.2. The second-order valence-electron chi connectivity index (χ2n) is 3.30. The summed E-state index contributed by atoms with van der Waals surface area (Å²) >= 11 is 1.45. The van der Waals surface area contributed by atoms with Crippen molar-refractivity contribution in [3.05, 3.63) is 34.8 Å². The number of hydrogen-bond acceptors (Lipinski definition) is 4. The molecule has 84 valence electrons. The number of nitrogens with zero attached hydrogens (tertiary/aromatic N) is 2. The van der Waals surface area contributed by atoms with E-state index in [-0.39, 0.29) is 5.82 Å². The van der Waals surface area contributed by atoms with Crippen LogP contribution < -0.4 is 5.73 Å². The standard InChI is InChI=1S/C11H12FN3S/c1-2-9-10(5-13)16-11(15-9)7-3-4-14-6-8(7)12/h3-4,6H,2,5,13H2,1H3. The van der Waals surface area contributed by atoms with Gasteiger partial charge in [0.25, 0.3) is 0 Å². The summed E-state index contributed by atoms with van der Waals surface area (Å²) in [5, 5.41) is 0.678. The maximum absolute atomic E-state index is 13.5. The minimum absolute atomic E-state index is 0.345. The predicted molar refractivity (Wildman–Crippen MR) is 62.6 cm³/mol. The lowest BCUT2D eigenvalue weighted by molar-refractivity contribution is 0.625. The number of aromatic nitrogens is 2. The molecule has 0 aliphatic heterocycles. The largest absolute Gasteiger partial charge is 0.326 e. The predicted octanol–water partition coefficient (Wildman–Crippen LogP) is 2.37. The van der Waals surface area contributed by atoms with Crippen LogP contribution >= 0.6 is 11.3 Å². The maximum Gasteiger partial charge on any atom is 0.151 e. The Labute approximate surface area is 97.2 Å². The van der Waals surface area contributed by atoms with Crippen molar-refractivity contribution >= 4 is 11.3 Å². The molecule has 0 saturated heterocycles. The third-order valence-electron chi connectivity index (χ3n) is 2.30. The van der Waals surface area contributed by atoms with Gasteiger partial charge in [0.15, 0.2) is 5.82 Å². The Hall–Kier alpha value is -1.33. The SMILES string of the molecule is CCc1nc(-c2ccncc2F)sc1CN. The molecule has 0 fully saturated rings. The highest BCUT2D eigenvalue weighted by molar-refractivity contribution is 7.15. The lowest BCUT2D eigenvalue weighted by Gasteiger charge is -1.96. The molecule has 3 nitrogen and oxygen atoms in total. The van der Waals surface area contributed by atoms with Gasteiger partial charge in [0.05, 0.1) is 11.9 Å². The molecule has 0 radical (unpaired) electrons. The van der Waals surface area contributed by atoms with Crippen LogP contribution in [0.25, 0.3) is 10.6 Å². The molecule has 2 N–H and O–H groups in total. The molecule has 5 heteroatoms. The minimum Gasteiger partial charge on any atom is -0.326 e. The summed E-state index contributed by atoms with van der Waals surface area (Å²) in [5.41, 5.74) is 7.07. The molecule has 0 spiro atoms. The van der Waals surface area contributed by atoms with Gasteiger partial charge in [-0.05, 0) is 12.5 Å². The van der Waals surface area contributed by atoms with E-state index in [1.54, 1.807) is 12.3 Å². The van der Waals surface area contributed by atoms with E-state index in [2.05, 4.69) is 9.97 Å². The van der Waals surface area contributed by atoms with Gasteiger partial charge < -0.3 is 5.73 Å². The van der Waals surface area contributed by atoms with Crippen LogP contribution in [0.4, 0.5) is 4.39 Å². The van der Waals surface area contributed by atoms with E-state index in [0.29, 0.717) is 17.1 Å². The molecule has 2 aromatic heterocycles. The normalized spacial score (nSPS) is 10.7. The van der Waals surface area contributed by atoms with Gasteiger partial charge in [-0.3, -0.25) is 4.98 Å². The fourth-order valence-corrected chi connectivity index (χ4v) is 2.54. The Morgan fingerprint density at radius 1 is 1.50 bits per heavy atom. The summed E-state index contributed by atoms with van der Waals surface area (Å²) in [7, 11) is 0. The highest BCUT2D eigenvalue weighted by Gasteiger charge is 2.12. The summed E-state index contributed by atoms with van der Waals surface area (Å²) < 4.78 is 13.5. The van der Waals surface area contributed by atoms with Crippen LogP contribution in [0.1, 0.15) is 17.5 Å². The Bertz CT molecular complexity index is 474. The van der Waals surface area contributed by atoms with Crippen molar-refractivity contribution < 1.29 is 4.39 Å². The third kappa shape index (κ3) is 1.96. The minimum atomic E-state index is -0.345. The molecule has 0 saturated carbocycles. The van der Waals surface area contributed by atoms with Crippen molar-refractivity contribution in [3.8, 4) is 10.6 Å². The molecule has 0 atom stereocenters. The van der Waals surface area contributed by atoms with Crippen LogP contribution in [-0.2, 0) is 13.0 Å². The summed E-state index contributed by atoms with van der Waals surface area (Å²) in [6.07, 6.45) is 3.58. The quantitative estimate of drug-likeness (QED) is 0.891. The molecule has 0 aromatic carbocycles. The average Bonchev–Trinajstić information content (AvgIpc) is 2.72. The zero-order chi connectivity index (χ0) is 11.5. The number of hydrogen-bond donors (Lipinski definition) is 1. The van der Waals surface area contributed by atoms with Crippen molar-refractivity contribution in [3.63, 3.8) is 0 Å². The Kier molecular flexibility index (Phi) is 3.26. The first-order chi connectivity index (χ1) is 7.76. The van der Waals surface area contributed by atoms with Gasteiger partial charge in [-0.2, -0.15) is 0 Å². The fraction of sp³-hybridized carbons (Fsp3) is 0.273. The van der Waals surface area contributed by atoms with Gasteiger partial charge in [-0.1, -0.05) is 6.92 Å². The Morgan fingerprint density at radius 3 is 2.88 bits per heavy atom. The molecule has 0 bridgehead atoms. The smallest absolute Gasteiger partial charge is 0.151 e. The van der Waals surface area contributed by atoms with Crippen molar-refractivity contribution in [2.75, 3.05) is 0 Å². The number of nitrogens with two attached hydrogens (primary N) is 1. The molecule has 2 aromatic rings. The van der Waals surface area contributed by atoms with Gasteiger partial charge >= 0.3 is 0 Å². The van der Waals surface area contributed by atoms with Gasteiger partial charge in [0.2, 0.25) is 0 Å². The molecule has 0 amide bonds. The van der Waals surface area contributed by atoms with Crippen molar-refractivity contribution in [1.82, 2.24) is 9.97 Å². The van der Waals surface area contributed by atoms with E-state index in [9.17, 15) is 4.39 Å². The molecular formula is C11H12FN3S. The van der Waals surface area contributed by atoms with Crippen LogP contribution in [0, 0.1) is 5.82 Å². The fourth-order valence-electron chi connectivity index (χ4n) is 1.48. The lowest BCUT2D eigenvalue weighted by atomic mass is 10.2. The van der Waals surface area contributed by atoms with E-state index >= 15 is 0 Å². The van der Waals surface area contributed by atoms with E-state index < -0.39 is 0 Å². The van der Waals surface area contributed by atoms with Crippen molar-refractivity contribution in [2.24, 2.45) is 5.73 Å². The van der Waals surface area contributed by atoms with Crippen molar-refractivity contribution in [1.29, 1.82) is 0 Å². The second-order valence-corrected chi connectivity index (χ2v) is 4.39. The monoisotopic (exact) mass is 237 g/mol. The Morgan fingerprint density at radius 2 is 2.31 bits per heavy atom. The topological polar surface area (TPSA) is 51.8 Å².